The Morgan fingerprint density at radius 2 is 2.00 bits per heavy atom. The summed E-state index contributed by atoms with van der Waals surface area (Å²) in [4.78, 5) is 10.6. The number of aliphatic carboxylic acids is 1. The van der Waals surface area contributed by atoms with E-state index in [-0.39, 0.29) is 17.9 Å². The highest BCUT2D eigenvalue weighted by atomic mass is 16.4. The van der Waals surface area contributed by atoms with Gasteiger partial charge >= 0.3 is 5.97 Å². The molecule has 2 aliphatic carbocycles. The minimum Gasteiger partial charge on any atom is -0.481 e. The van der Waals surface area contributed by atoms with E-state index in [0.717, 1.165) is 19.3 Å². The van der Waals surface area contributed by atoms with Crippen molar-refractivity contribution in [1.29, 1.82) is 0 Å². The number of carbonyl (C=O) groups is 1. The smallest absolute Gasteiger partial charge is 0.306 e. The summed E-state index contributed by atoms with van der Waals surface area (Å²) in [7, 11) is 0. The highest BCUT2D eigenvalue weighted by Crippen LogP contribution is 2.48. The van der Waals surface area contributed by atoms with E-state index in [1.165, 1.54) is 0 Å². The zero-order chi connectivity index (χ0) is 8.01. The van der Waals surface area contributed by atoms with Crippen molar-refractivity contribution in [2.75, 3.05) is 0 Å². The number of hydrogen-bond acceptors (Lipinski definition) is 2. The van der Waals surface area contributed by atoms with E-state index in [2.05, 4.69) is 0 Å². The van der Waals surface area contributed by atoms with Crippen LogP contribution in [-0.2, 0) is 4.79 Å². The lowest BCUT2D eigenvalue weighted by Gasteiger charge is -2.22. The quantitative estimate of drug-likeness (QED) is 0.580. The first-order chi connectivity index (χ1) is 5.18. The molecule has 11 heavy (non-hydrogen) atoms. The summed E-state index contributed by atoms with van der Waals surface area (Å²) in [5, 5.41) is 18.1. The first-order valence-electron chi connectivity index (χ1n) is 4.09. The average molecular weight is 156 g/mol. The van der Waals surface area contributed by atoms with Gasteiger partial charge in [-0.2, -0.15) is 0 Å². The van der Waals surface area contributed by atoms with Crippen molar-refractivity contribution in [3.63, 3.8) is 0 Å². The van der Waals surface area contributed by atoms with Crippen LogP contribution in [0, 0.1) is 17.8 Å². The molecular weight excluding hydrogens is 144 g/mol. The Balaban J connectivity index is 2.12. The van der Waals surface area contributed by atoms with Crippen molar-refractivity contribution in [3.05, 3.63) is 0 Å². The number of rotatable bonds is 1. The molecule has 2 rings (SSSR count). The molecular formula is C8H12O3. The molecule has 62 valence electrons. The van der Waals surface area contributed by atoms with Gasteiger partial charge in [-0.1, -0.05) is 0 Å². The summed E-state index contributed by atoms with van der Waals surface area (Å²) in [5.41, 5.74) is 0. The zero-order valence-corrected chi connectivity index (χ0v) is 6.23. The zero-order valence-electron chi connectivity index (χ0n) is 6.23. The molecule has 2 bridgehead atoms. The predicted molar refractivity (Wildman–Crippen MR) is 38.0 cm³/mol. The van der Waals surface area contributed by atoms with Crippen LogP contribution >= 0.6 is 0 Å². The van der Waals surface area contributed by atoms with Gasteiger partial charge in [-0.3, -0.25) is 4.79 Å². The van der Waals surface area contributed by atoms with Gasteiger partial charge in [0.2, 0.25) is 0 Å². The minimum atomic E-state index is -0.726. The van der Waals surface area contributed by atoms with E-state index >= 15 is 0 Å². The second-order valence-corrected chi connectivity index (χ2v) is 3.75. The lowest BCUT2D eigenvalue weighted by atomic mass is 9.87. The maximum atomic E-state index is 10.6. The third-order valence-corrected chi connectivity index (χ3v) is 3.10. The van der Waals surface area contributed by atoms with Crippen LogP contribution < -0.4 is 0 Å². The van der Waals surface area contributed by atoms with Crippen molar-refractivity contribution in [1.82, 2.24) is 0 Å². The molecule has 0 aliphatic heterocycles. The van der Waals surface area contributed by atoms with E-state index in [9.17, 15) is 9.90 Å². The Morgan fingerprint density at radius 3 is 2.36 bits per heavy atom. The summed E-state index contributed by atoms with van der Waals surface area (Å²) >= 11 is 0. The Hall–Kier alpha value is -0.570. The summed E-state index contributed by atoms with van der Waals surface area (Å²) in [6, 6.07) is 0. The molecule has 0 heterocycles. The van der Waals surface area contributed by atoms with E-state index < -0.39 is 5.97 Å². The van der Waals surface area contributed by atoms with Crippen LogP contribution in [0.25, 0.3) is 0 Å². The number of aliphatic hydroxyl groups is 1. The van der Waals surface area contributed by atoms with Crippen LogP contribution in [0.5, 0.6) is 0 Å². The topological polar surface area (TPSA) is 57.5 Å². The van der Waals surface area contributed by atoms with Crippen LogP contribution in [0.2, 0.25) is 0 Å². The number of carboxylic acid groups (broad SMARTS) is 1. The number of carboxylic acids is 1. The van der Waals surface area contributed by atoms with Crippen LogP contribution in [0.3, 0.4) is 0 Å². The van der Waals surface area contributed by atoms with E-state index in [4.69, 9.17) is 5.11 Å². The average Bonchev–Trinajstić information content (AvgIpc) is 2.43. The molecule has 0 amide bonds. The van der Waals surface area contributed by atoms with Crippen LogP contribution in [0.4, 0.5) is 0 Å². The second kappa shape index (κ2) is 2.21. The molecule has 0 aromatic carbocycles. The molecule has 2 N–H and O–H groups in total. The van der Waals surface area contributed by atoms with Gasteiger partial charge in [0.1, 0.15) is 0 Å². The molecule has 2 fully saturated rings. The van der Waals surface area contributed by atoms with Gasteiger partial charge in [-0.05, 0) is 31.1 Å². The van der Waals surface area contributed by atoms with Gasteiger partial charge in [0.25, 0.3) is 0 Å². The Morgan fingerprint density at radius 1 is 1.27 bits per heavy atom. The first kappa shape index (κ1) is 7.10. The van der Waals surface area contributed by atoms with Gasteiger partial charge in [0.15, 0.2) is 0 Å². The first-order valence-corrected chi connectivity index (χ1v) is 4.09. The van der Waals surface area contributed by atoms with Crippen molar-refractivity contribution in [3.8, 4) is 0 Å². The van der Waals surface area contributed by atoms with E-state index in [1.807, 2.05) is 0 Å². The van der Waals surface area contributed by atoms with Crippen molar-refractivity contribution < 1.29 is 15.0 Å². The largest absolute Gasteiger partial charge is 0.481 e. The fourth-order valence-electron chi connectivity index (χ4n) is 2.60. The molecule has 3 nitrogen and oxygen atoms in total. The lowest BCUT2D eigenvalue weighted by Crippen LogP contribution is -2.29. The monoisotopic (exact) mass is 156 g/mol. The molecule has 2 aliphatic rings. The summed E-state index contributed by atoms with van der Waals surface area (Å²) < 4.78 is 0. The molecule has 0 aromatic heterocycles. The summed E-state index contributed by atoms with van der Waals surface area (Å²) in [6.45, 7) is 0. The standard InChI is InChI=1S/C8H12O3/c9-7-3-4-1-5(7)6(2-4)8(10)11/h4-7,9H,1-3H2,(H,10,11)/t4-,5+,6-,7+/m1/s1. The summed E-state index contributed by atoms with van der Waals surface area (Å²) in [5.74, 6) is -0.450. The predicted octanol–water partition coefficient (Wildman–Crippen LogP) is 0.478. The number of aliphatic hydroxyl groups excluding tert-OH is 1. The minimum absolute atomic E-state index is 0.0532. The van der Waals surface area contributed by atoms with Gasteiger partial charge in [-0.25, -0.2) is 0 Å². The molecule has 0 saturated heterocycles. The maximum Gasteiger partial charge on any atom is 0.306 e. The van der Waals surface area contributed by atoms with Crippen molar-refractivity contribution in [2.24, 2.45) is 17.8 Å². The molecule has 0 spiro atoms. The van der Waals surface area contributed by atoms with Crippen molar-refractivity contribution in [2.45, 2.75) is 25.4 Å². The number of fused-ring (bicyclic) bond motifs is 2. The van der Waals surface area contributed by atoms with E-state index in [0.29, 0.717) is 5.92 Å². The normalized spacial score (nSPS) is 48.1. The third-order valence-electron chi connectivity index (χ3n) is 3.10. The Kier molecular flexibility index (Phi) is 1.42. The van der Waals surface area contributed by atoms with Gasteiger partial charge in [0, 0.05) is 0 Å². The second-order valence-electron chi connectivity index (χ2n) is 3.75. The van der Waals surface area contributed by atoms with Crippen LogP contribution in [-0.4, -0.2) is 22.3 Å². The fourth-order valence-corrected chi connectivity index (χ4v) is 2.60. The summed E-state index contributed by atoms with van der Waals surface area (Å²) in [6.07, 6.45) is 2.21. The molecule has 4 atom stereocenters. The van der Waals surface area contributed by atoms with Gasteiger partial charge < -0.3 is 10.2 Å². The molecule has 0 unspecified atom stereocenters. The Labute approximate surface area is 65.0 Å². The highest BCUT2D eigenvalue weighted by Gasteiger charge is 2.48. The Bertz CT molecular complexity index is 190. The molecule has 0 aromatic rings. The molecule has 2 saturated carbocycles. The highest BCUT2D eigenvalue weighted by molar-refractivity contribution is 5.71. The van der Waals surface area contributed by atoms with Crippen molar-refractivity contribution >= 4 is 5.97 Å². The fraction of sp³-hybridized carbons (Fsp3) is 0.875. The van der Waals surface area contributed by atoms with E-state index in [1.54, 1.807) is 0 Å². The SMILES string of the molecule is O=C(O)[C@@H]1C[C@H]2C[C@@H]1[C@@H](O)C2. The maximum absolute atomic E-state index is 10.6. The van der Waals surface area contributed by atoms with Gasteiger partial charge in [-0.15, -0.1) is 0 Å². The van der Waals surface area contributed by atoms with Gasteiger partial charge in [0.05, 0.1) is 12.0 Å². The molecule has 0 radical (unpaired) electrons. The third kappa shape index (κ3) is 0.948. The number of hydrogen-bond donors (Lipinski definition) is 2. The lowest BCUT2D eigenvalue weighted by molar-refractivity contribution is -0.145. The van der Waals surface area contributed by atoms with Crippen LogP contribution in [0.15, 0.2) is 0 Å². The molecule has 3 heteroatoms. The van der Waals surface area contributed by atoms with Crippen LogP contribution in [0.1, 0.15) is 19.3 Å².